The van der Waals surface area contributed by atoms with Crippen LogP contribution in [0.3, 0.4) is 0 Å². The Balaban J connectivity index is 1.97. The number of hydrogen-bond donors (Lipinski definition) is 1. The molecule has 2 rings (SSSR count). The molecule has 0 aromatic heterocycles. The highest BCUT2D eigenvalue weighted by Gasteiger charge is 2.12. The van der Waals surface area contributed by atoms with Gasteiger partial charge in [-0.3, -0.25) is 4.79 Å². The second-order valence-corrected chi connectivity index (χ2v) is 5.31. The zero-order valence-corrected chi connectivity index (χ0v) is 15.2. The smallest absolute Gasteiger partial charge is 0.277 e. The summed E-state index contributed by atoms with van der Waals surface area (Å²) in [5.41, 5.74) is 4.06. The molecule has 7 heteroatoms. The number of rotatable bonds is 8. The van der Waals surface area contributed by atoms with E-state index in [1.165, 1.54) is 27.5 Å². The van der Waals surface area contributed by atoms with E-state index in [1.54, 1.807) is 12.1 Å². The second-order valence-electron chi connectivity index (χ2n) is 5.31. The van der Waals surface area contributed by atoms with Gasteiger partial charge < -0.3 is 18.9 Å². The number of ether oxygens (including phenoxy) is 4. The van der Waals surface area contributed by atoms with Crippen LogP contribution < -0.4 is 24.4 Å². The fourth-order valence-electron chi connectivity index (χ4n) is 2.25. The molecule has 0 heterocycles. The van der Waals surface area contributed by atoms with E-state index in [9.17, 15) is 4.79 Å². The number of para-hydroxylation sites is 1. The Morgan fingerprint density at radius 3 is 2.27 bits per heavy atom. The van der Waals surface area contributed by atoms with Crippen molar-refractivity contribution in [3.63, 3.8) is 0 Å². The molecule has 0 unspecified atom stereocenters. The van der Waals surface area contributed by atoms with Gasteiger partial charge in [-0.2, -0.15) is 5.10 Å². The van der Waals surface area contributed by atoms with Crippen molar-refractivity contribution in [2.45, 2.75) is 6.92 Å². The molecule has 0 fully saturated rings. The summed E-state index contributed by atoms with van der Waals surface area (Å²) in [5, 5.41) is 3.93. The van der Waals surface area contributed by atoms with E-state index in [2.05, 4.69) is 10.5 Å². The SMILES string of the molecule is COc1cc(/C=N\NC(=O)COc2ccccc2C)cc(OC)c1OC. The summed E-state index contributed by atoms with van der Waals surface area (Å²) in [6.07, 6.45) is 1.48. The average Bonchev–Trinajstić information content (AvgIpc) is 2.66. The molecular formula is C19H22N2O5. The molecule has 1 amide bonds. The number of methoxy groups -OCH3 is 3. The Hall–Kier alpha value is -3.22. The first-order valence-corrected chi connectivity index (χ1v) is 7.89. The summed E-state index contributed by atoms with van der Waals surface area (Å²) in [6, 6.07) is 10.9. The van der Waals surface area contributed by atoms with Crippen LogP contribution >= 0.6 is 0 Å². The van der Waals surface area contributed by atoms with E-state index in [4.69, 9.17) is 18.9 Å². The predicted octanol–water partition coefficient (Wildman–Crippen LogP) is 2.55. The fraction of sp³-hybridized carbons (Fsp3) is 0.263. The molecule has 0 aliphatic heterocycles. The maximum Gasteiger partial charge on any atom is 0.277 e. The summed E-state index contributed by atoms with van der Waals surface area (Å²) in [6.45, 7) is 1.79. The number of aryl methyl sites for hydroxylation is 1. The number of carbonyl (C=O) groups excluding carboxylic acids is 1. The van der Waals surface area contributed by atoms with Gasteiger partial charge in [0.05, 0.1) is 27.5 Å². The van der Waals surface area contributed by atoms with E-state index in [1.807, 2.05) is 31.2 Å². The van der Waals surface area contributed by atoms with Gasteiger partial charge in [0.1, 0.15) is 5.75 Å². The normalized spacial score (nSPS) is 10.5. The van der Waals surface area contributed by atoms with Crippen LogP contribution in [0, 0.1) is 6.92 Å². The molecule has 2 aromatic rings. The Labute approximate surface area is 152 Å². The molecule has 0 radical (unpaired) electrons. The molecule has 0 aliphatic rings. The molecule has 0 bridgehead atoms. The maximum absolute atomic E-state index is 11.8. The quantitative estimate of drug-likeness (QED) is 0.580. The van der Waals surface area contributed by atoms with Crippen molar-refractivity contribution in [2.75, 3.05) is 27.9 Å². The van der Waals surface area contributed by atoms with E-state index in [0.717, 1.165) is 5.56 Å². The number of amides is 1. The first-order chi connectivity index (χ1) is 12.6. The molecule has 26 heavy (non-hydrogen) atoms. The lowest BCUT2D eigenvalue weighted by molar-refractivity contribution is -0.123. The minimum atomic E-state index is -0.364. The second kappa shape index (κ2) is 9.31. The average molecular weight is 358 g/mol. The Kier molecular flexibility index (Phi) is 6.84. The number of nitrogens with zero attached hydrogens (tertiary/aromatic N) is 1. The molecule has 0 spiro atoms. The van der Waals surface area contributed by atoms with Crippen LogP contribution in [-0.2, 0) is 4.79 Å². The molecular weight excluding hydrogens is 336 g/mol. The van der Waals surface area contributed by atoms with Gasteiger partial charge in [-0.15, -0.1) is 0 Å². The standard InChI is InChI=1S/C19H22N2O5/c1-13-7-5-6-8-15(13)26-12-18(22)21-20-11-14-9-16(23-2)19(25-4)17(10-14)24-3/h5-11H,12H2,1-4H3,(H,21,22)/b20-11-. The number of nitrogens with one attached hydrogen (secondary N) is 1. The van der Waals surface area contributed by atoms with Crippen LogP contribution in [0.25, 0.3) is 0 Å². The highest BCUT2D eigenvalue weighted by Crippen LogP contribution is 2.37. The van der Waals surface area contributed by atoms with Crippen molar-refractivity contribution in [3.05, 3.63) is 47.5 Å². The molecule has 7 nitrogen and oxygen atoms in total. The topological polar surface area (TPSA) is 78.4 Å². The maximum atomic E-state index is 11.8. The zero-order chi connectivity index (χ0) is 18.9. The van der Waals surface area contributed by atoms with E-state index in [0.29, 0.717) is 28.6 Å². The third kappa shape index (κ3) is 4.89. The molecule has 138 valence electrons. The lowest BCUT2D eigenvalue weighted by Crippen LogP contribution is -2.24. The van der Waals surface area contributed by atoms with Gasteiger partial charge in [0.15, 0.2) is 18.1 Å². The molecule has 0 saturated carbocycles. The molecule has 0 saturated heterocycles. The first-order valence-electron chi connectivity index (χ1n) is 7.89. The summed E-state index contributed by atoms with van der Waals surface area (Å²) in [4.78, 5) is 11.8. The minimum Gasteiger partial charge on any atom is -0.493 e. The van der Waals surface area contributed by atoms with E-state index >= 15 is 0 Å². The minimum absolute atomic E-state index is 0.128. The lowest BCUT2D eigenvalue weighted by Gasteiger charge is -2.12. The van der Waals surface area contributed by atoms with E-state index < -0.39 is 0 Å². The van der Waals surface area contributed by atoms with Crippen LogP contribution in [0.1, 0.15) is 11.1 Å². The van der Waals surface area contributed by atoms with Crippen LogP contribution in [0.4, 0.5) is 0 Å². The highest BCUT2D eigenvalue weighted by atomic mass is 16.5. The third-order valence-electron chi connectivity index (χ3n) is 3.54. The largest absolute Gasteiger partial charge is 0.493 e. The van der Waals surface area contributed by atoms with Gasteiger partial charge in [0.25, 0.3) is 5.91 Å². The van der Waals surface area contributed by atoms with Gasteiger partial charge in [-0.05, 0) is 30.7 Å². The van der Waals surface area contributed by atoms with Gasteiger partial charge in [0, 0.05) is 5.56 Å². The summed E-state index contributed by atoms with van der Waals surface area (Å²) in [7, 11) is 4.59. The lowest BCUT2D eigenvalue weighted by atomic mass is 10.2. The third-order valence-corrected chi connectivity index (χ3v) is 3.54. The Morgan fingerprint density at radius 2 is 1.69 bits per heavy atom. The van der Waals surface area contributed by atoms with Crippen molar-refractivity contribution in [1.29, 1.82) is 0 Å². The van der Waals surface area contributed by atoms with Crippen molar-refractivity contribution >= 4 is 12.1 Å². The van der Waals surface area contributed by atoms with Crippen LogP contribution in [0.2, 0.25) is 0 Å². The number of carbonyl (C=O) groups is 1. The van der Waals surface area contributed by atoms with Gasteiger partial charge in [0.2, 0.25) is 5.75 Å². The number of hydrazone groups is 1. The Bertz CT molecular complexity index is 764. The molecule has 0 atom stereocenters. The summed E-state index contributed by atoms with van der Waals surface area (Å²) >= 11 is 0. The fourth-order valence-corrected chi connectivity index (χ4v) is 2.25. The summed E-state index contributed by atoms with van der Waals surface area (Å²) in [5.74, 6) is 1.79. The van der Waals surface area contributed by atoms with Crippen molar-refractivity contribution in [2.24, 2.45) is 5.10 Å². The molecule has 0 aliphatic carbocycles. The van der Waals surface area contributed by atoms with Crippen molar-refractivity contribution in [1.82, 2.24) is 5.43 Å². The van der Waals surface area contributed by atoms with Gasteiger partial charge in [-0.1, -0.05) is 18.2 Å². The number of hydrogen-bond acceptors (Lipinski definition) is 6. The number of benzene rings is 2. The first kappa shape index (κ1) is 19.1. The molecule has 1 N–H and O–H groups in total. The monoisotopic (exact) mass is 358 g/mol. The Morgan fingerprint density at radius 1 is 1.04 bits per heavy atom. The zero-order valence-electron chi connectivity index (χ0n) is 15.2. The van der Waals surface area contributed by atoms with Crippen molar-refractivity contribution < 1.29 is 23.7 Å². The van der Waals surface area contributed by atoms with Crippen LogP contribution in [0.15, 0.2) is 41.5 Å². The summed E-state index contributed by atoms with van der Waals surface area (Å²) < 4.78 is 21.3. The highest BCUT2D eigenvalue weighted by molar-refractivity contribution is 5.84. The van der Waals surface area contributed by atoms with Gasteiger partial charge >= 0.3 is 0 Å². The van der Waals surface area contributed by atoms with Crippen LogP contribution in [-0.4, -0.2) is 40.1 Å². The van der Waals surface area contributed by atoms with Crippen LogP contribution in [0.5, 0.6) is 23.0 Å². The van der Waals surface area contributed by atoms with E-state index in [-0.39, 0.29) is 12.5 Å². The van der Waals surface area contributed by atoms with Gasteiger partial charge in [-0.25, -0.2) is 5.43 Å². The van der Waals surface area contributed by atoms with Crippen molar-refractivity contribution in [3.8, 4) is 23.0 Å². The molecule has 2 aromatic carbocycles. The predicted molar refractivity (Wildman–Crippen MR) is 98.5 cm³/mol.